The maximum atomic E-state index is 11.6. The number of hydrogen-bond donors (Lipinski definition) is 1. The van der Waals surface area contributed by atoms with E-state index in [1.54, 1.807) is 6.08 Å². The summed E-state index contributed by atoms with van der Waals surface area (Å²) in [4.78, 5) is 11.6. The lowest BCUT2D eigenvalue weighted by Crippen LogP contribution is -2.08. The van der Waals surface area contributed by atoms with E-state index in [0.717, 1.165) is 28.3 Å². The molecule has 1 N–H and O–H groups in total. The first-order valence-electron chi connectivity index (χ1n) is 6.83. The summed E-state index contributed by atoms with van der Waals surface area (Å²) < 4.78 is 5.76. The van der Waals surface area contributed by atoms with Gasteiger partial charge in [0.05, 0.1) is 0 Å². The van der Waals surface area contributed by atoms with E-state index in [4.69, 9.17) is 4.74 Å². The minimum absolute atomic E-state index is 0.123. The van der Waals surface area contributed by atoms with Crippen molar-refractivity contribution in [3.8, 4) is 11.5 Å². The summed E-state index contributed by atoms with van der Waals surface area (Å²) >= 11 is 0. The van der Waals surface area contributed by atoms with Crippen LogP contribution < -0.4 is 10.1 Å². The maximum absolute atomic E-state index is 11.6. The highest BCUT2D eigenvalue weighted by molar-refractivity contribution is 5.99. The predicted octanol–water partition coefficient (Wildman–Crippen LogP) is 4.69. The van der Waals surface area contributed by atoms with Crippen LogP contribution in [-0.2, 0) is 4.79 Å². The van der Waals surface area contributed by atoms with Gasteiger partial charge in [-0.05, 0) is 62.7 Å². The number of carbonyl (C=O) groups excluding carboxylic acids is 1. The molecule has 3 heteroatoms. The molecular formula is C18H19NO2. The lowest BCUT2D eigenvalue weighted by molar-refractivity contribution is -0.111. The predicted molar refractivity (Wildman–Crippen MR) is 85.8 cm³/mol. The standard InChI is InChI=1S/C18H19NO2/c1-13(2)11-18(20)19-15-7-9-16(10-8-15)21-17-6-4-5-14(3)12-17/h4-12H,1-3H3,(H,19,20). The molecule has 0 aliphatic heterocycles. The molecule has 0 saturated heterocycles. The van der Waals surface area contributed by atoms with Crippen LogP contribution in [0.5, 0.6) is 11.5 Å². The highest BCUT2D eigenvalue weighted by atomic mass is 16.5. The fourth-order valence-electron chi connectivity index (χ4n) is 1.86. The smallest absolute Gasteiger partial charge is 0.248 e. The Morgan fingerprint density at radius 1 is 1.05 bits per heavy atom. The summed E-state index contributed by atoms with van der Waals surface area (Å²) in [5.74, 6) is 1.42. The molecule has 0 unspecified atom stereocenters. The number of aryl methyl sites for hydroxylation is 1. The largest absolute Gasteiger partial charge is 0.457 e. The Morgan fingerprint density at radius 3 is 2.38 bits per heavy atom. The molecule has 0 fully saturated rings. The topological polar surface area (TPSA) is 38.3 Å². The second-order valence-corrected chi connectivity index (χ2v) is 5.15. The van der Waals surface area contributed by atoms with E-state index in [2.05, 4.69) is 5.32 Å². The fourth-order valence-corrected chi connectivity index (χ4v) is 1.86. The van der Waals surface area contributed by atoms with Gasteiger partial charge in [0.25, 0.3) is 0 Å². The summed E-state index contributed by atoms with van der Waals surface area (Å²) in [6, 6.07) is 15.2. The van der Waals surface area contributed by atoms with Gasteiger partial charge >= 0.3 is 0 Å². The summed E-state index contributed by atoms with van der Waals surface area (Å²) in [7, 11) is 0. The fraction of sp³-hybridized carbons (Fsp3) is 0.167. The zero-order valence-electron chi connectivity index (χ0n) is 12.5. The van der Waals surface area contributed by atoms with Gasteiger partial charge < -0.3 is 10.1 Å². The molecule has 21 heavy (non-hydrogen) atoms. The molecule has 0 spiro atoms. The third kappa shape index (κ3) is 4.80. The van der Waals surface area contributed by atoms with Crippen molar-refractivity contribution in [2.24, 2.45) is 0 Å². The van der Waals surface area contributed by atoms with Crippen LogP contribution in [0.1, 0.15) is 19.4 Å². The van der Waals surface area contributed by atoms with Gasteiger partial charge in [0.2, 0.25) is 5.91 Å². The molecule has 0 saturated carbocycles. The van der Waals surface area contributed by atoms with E-state index < -0.39 is 0 Å². The van der Waals surface area contributed by atoms with Gasteiger partial charge in [-0.1, -0.05) is 17.7 Å². The molecule has 0 atom stereocenters. The van der Waals surface area contributed by atoms with Gasteiger partial charge in [0, 0.05) is 11.8 Å². The molecule has 0 bridgehead atoms. The van der Waals surface area contributed by atoms with Crippen molar-refractivity contribution in [3.63, 3.8) is 0 Å². The Balaban J connectivity index is 2.02. The van der Waals surface area contributed by atoms with Gasteiger partial charge in [-0.2, -0.15) is 0 Å². The average Bonchev–Trinajstić information content (AvgIpc) is 2.40. The quantitative estimate of drug-likeness (QED) is 0.825. The lowest BCUT2D eigenvalue weighted by atomic mass is 10.2. The first-order valence-corrected chi connectivity index (χ1v) is 6.83. The van der Waals surface area contributed by atoms with Crippen molar-refractivity contribution in [1.29, 1.82) is 0 Å². The molecule has 2 aromatic carbocycles. The SMILES string of the molecule is CC(C)=CC(=O)Nc1ccc(Oc2cccc(C)c2)cc1. The number of benzene rings is 2. The second-order valence-electron chi connectivity index (χ2n) is 5.15. The van der Waals surface area contributed by atoms with Crippen molar-refractivity contribution in [2.75, 3.05) is 5.32 Å². The van der Waals surface area contributed by atoms with E-state index in [1.165, 1.54) is 0 Å². The van der Waals surface area contributed by atoms with E-state index in [-0.39, 0.29) is 5.91 Å². The molecule has 0 aliphatic carbocycles. The van der Waals surface area contributed by atoms with Crippen LogP contribution in [0, 0.1) is 6.92 Å². The summed E-state index contributed by atoms with van der Waals surface area (Å²) in [5.41, 5.74) is 2.86. The lowest BCUT2D eigenvalue weighted by Gasteiger charge is -2.08. The Kier molecular flexibility index (Phi) is 4.77. The number of nitrogens with one attached hydrogen (secondary N) is 1. The normalized spacial score (nSPS) is 9.86. The van der Waals surface area contributed by atoms with Gasteiger partial charge in [0.15, 0.2) is 0 Å². The van der Waals surface area contributed by atoms with E-state index in [1.807, 2.05) is 69.3 Å². The van der Waals surface area contributed by atoms with E-state index >= 15 is 0 Å². The molecule has 0 aromatic heterocycles. The maximum Gasteiger partial charge on any atom is 0.248 e. The van der Waals surface area contributed by atoms with Crippen LogP contribution in [-0.4, -0.2) is 5.91 Å². The third-order valence-corrected chi connectivity index (χ3v) is 2.77. The molecule has 0 heterocycles. The first-order chi connectivity index (χ1) is 10.0. The van der Waals surface area contributed by atoms with Crippen molar-refractivity contribution in [2.45, 2.75) is 20.8 Å². The first kappa shape index (κ1) is 14.9. The van der Waals surface area contributed by atoms with Gasteiger partial charge in [-0.3, -0.25) is 4.79 Å². The van der Waals surface area contributed by atoms with Crippen LogP contribution in [0.4, 0.5) is 5.69 Å². The van der Waals surface area contributed by atoms with Crippen LogP contribution in [0.2, 0.25) is 0 Å². The van der Waals surface area contributed by atoms with Crippen molar-refractivity contribution < 1.29 is 9.53 Å². The molecule has 3 nitrogen and oxygen atoms in total. The average molecular weight is 281 g/mol. The summed E-state index contributed by atoms with van der Waals surface area (Å²) in [6.07, 6.45) is 1.57. The molecule has 108 valence electrons. The second kappa shape index (κ2) is 6.75. The molecule has 2 aromatic rings. The molecular weight excluding hydrogens is 262 g/mol. The number of ether oxygens (including phenoxy) is 1. The minimum Gasteiger partial charge on any atom is -0.457 e. The molecule has 1 amide bonds. The molecule has 0 aliphatic rings. The van der Waals surface area contributed by atoms with Gasteiger partial charge in [-0.25, -0.2) is 0 Å². The zero-order valence-corrected chi connectivity index (χ0v) is 12.5. The molecule has 0 radical (unpaired) electrons. The number of anilines is 1. The monoisotopic (exact) mass is 281 g/mol. The van der Waals surface area contributed by atoms with Gasteiger partial charge in [0.1, 0.15) is 11.5 Å². The Bertz CT molecular complexity index is 653. The molecule has 2 rings (SSSR count). The highest BCUT2D eigenvalue weighted by Gasteiger charge is 2.01. The van der Waals surface area contributed by atoms with Crippen LogP contribution in [0.25, 0.3) is 0 Å². The Hall–Kier alpha value is -2.55. The number of hydrogen-bond acceptors (Lipinski definition) is 2. The van der Waals surface area contributed by atoms with E-state index in [9.17, 15) is 4.79 Å². The third-order valence-electron chi connectivity index (χ3n) is 2.77. The number of allylic oxidation sites excluding steroid dienone is 1. The number of amides is 1. The van der Waals surface area contributed by atoms with Crippen molar-refractivity contribution in [3.05, 3.63) is 65.7 Å². The van der Waals surface area contributed by atoms with Crippen molar-refractivity contribution >= 4 is 11.6 Å². The number of rotatable bonds is 4. The number of carbonyl (C=O) groups is 1. The highest BCUT2D eigenvalue weighted by Crippen LogP contribution is 2.23. The van der Waals surface area contributed by atoms with Crippen LogP contribution in [0.15, 0.2) is 60.2 Å². The van der Waals surface area contributed by atoms with E-state index in [0.29, 0.717) is 0 Å². The zero-order chi connectivity index (χ0) is 15.2. The van der Waals surface area contributed by atoms with Crippen LogP contribution >= 0.6 is 0 Å². The summed E-state index contributed by atoms with van der Waals surface area (Å²) in [6.45, 7) is 5.80. The summed E-state index contributed by atoms with van der Waals surface area (Å²) in [5, 5.41) is 2.80. The minimum atomic E-state index is -0.123. The Morgan fingerprint density at radius 2 is 1.76 bits per heavy atom. The van der Waals surface area contributed by atoms with Crippen LogP contribution in [0.3, 0.4) is 0 Å². The van der Waals surface area contributed by atoms with Gasteiger partial charge in [-0.15, -0.1) is 0 Å². The Labute approximate surface area is 125 Å². The van der Waals surface area contributed by atoms with Crippen molar-refractivity contribution in [1.82, 2.24) is 0 Å².